The van der Waals surface area contributed by atoms with Gasteiger partial charge in [0.25, 0.3) is 0 Å². The lowest BCUT2D eigenvalue weighted by Gasteiger charge is -2.29. The van der Waals surface area contributed by atoms with E-state index in [4.69, 9.17) is 9.47 Å². The molecular weight excluding hydrogens is 180 g/mol. The lowest BCUT2D eigenvalue weighted by molar-refractivity contribution is -0.152. The first-order chi connectivity index (χ1) is 6.56. The summed E-state index contributed by atoms with van der Waals surface area (Å²) in [6, 6.07) is 0. The van der Waals surface area contributed by atoms with Gasteiger partial charge in [-0.1, -0.05) is 0 Å². The maximum atomic E-state index is 11.4. The Bertz CT molecular complexity index is 193. The highest BCUT2D eigenvalue weighted by Crippen LogP contribution is 2.30. The Labute approximate surface area is 85.8 Å². The fraction of sp³-hybridized carbons (Fsp3) is 0.909. The van der Waals surface area contributed by atoms with Crippen molar-refractivity contribution in [3.8, 4) is 0 Å². The molecule has 0 unspecified atom stereocenters. The van der Waals surface area contributed by atoms with Crippen LogP contribution < -0.4 is 0 Å². The van der Waals surface area contributed by atoms with Crippen molar-refractivity contribution in [3.63, 3.8) is 0 Å². The van der Waals surface area contributed by atoms with E-state index in [1.54, 1.807) is 0 Å². The van der Waals surface area contributed by atoms with E-state index in [0.29, 0.717) is 5.92 Å². The van der Waals surface area contributed by atoms with E-state index in [0.717, 1.165) is 26.1 Å². The molecule has 0 aliphatic carbocycles. The van der Waals surface area contributed by atoms with Gasteiger partial charge in [-0.05, 0) is 39.0 Å². The molecule has 1 heterocycles. The zero-order chi connectivity index (χ0) is 10.6. The highest BCUT2D eigenvalue weighted by atomic mass is 16.5. The molecule has 0 aromatic carbocycles. The molecule has 0 saturated carbocycles. The van der Waals surface area contributed by atoms with Crippen LogP contribution in [0.5, 0.6) is 0 Å². The van der Waals surface area contributed by atoms with Crippen LogP contribution in [0.3, 0.4) is 0 Å². The number of methoxy groups -OCH3 is 1. The molecule has 82 valence electrons. The van der Waals surface area contributed by atoms with Crippen LogP contribution in [-0.2, 0) is 14.3 Å². The predicted molar refractivity (Wildman–Crippen MR) is 54.0 cm³/mol. The SMILES string of the molecule is COC(=O)C(C)(C)C[C@@H]1CCCOC1. The van der Waals surface area contributed by atoms with Gasteiger partial charge in [0.1, 0.15) is 0 Å². The van der Waals surface area contributed by atoms with Crippen molar-refractivity contribution in [2.75, 3.05) is 20.3 Å². The Hall–Kier alpha value is -0.570. The molecule has 1 aliphatic rings. The minimum Gasteiger partial charge on any atom is -0.469 e. The van der Waals surface area contributed by atoms with Crippen molar-refractivity contribution in [3.05, 3.63) is 0 Å². The van der Waals surface area contributed by atoms with E-state index < -0.39 is 0 Å². The summed E-state index contributed by atoms with van der Waals surface area (Å²) in [6.45, 7) is 5.54. The highest BCUT2D eigenvalue weighted by molar-refractivity contribution is 5.75. The second-order valence-corrected chi connectivity index (χ2v) is 4.66. The molecule has 1 atom stereocenters. The maximum absolute atomic E-state index is 11.4. The van der Waals surface area contributed by atoms with Gasteiger partial charge in [0.15, 0.2) is 0 Å². The van der Waals surface area contributed by atoms with Crippen molar-refractivity contribution in [1.29, 1.82) is 0 Å². The third-order valence-electron chi connectivity index (χ3n) is 2.79. The highest BCUT2D eigenvalue weighted by Gasteiger charge is 2.32. The van der Waals surface area contributed by atoms with Gasteiger partial charge in [0, 0.05) is 13.2 Å². The van der Waals surface area contributed by atoms with E-state index in [1.165, 1.54) is 13.5 Å². The summed E-state index contributed by atoms with van der Waals surface area (Å²) < 4.78 is 10.2. The topological polar surface area (TPSA) is 35.5 Å². The van der Waals surface area contributed by atoms with Crippen molar-refractivity contribution in [2.24, 2.45) is 11.3 Å². The van der Waals surface area contributed by atoms with E-state index in [9.17, 15) is 4.79 Å². The molecule has 14 heavy (non-hydrogen) atoms. The molecule has 1 fully saturated rings. The van der Waals surface area contributed by atoms with Crippen molar-refractivity contribution >= 4 is 5.97 Å². The summed E-state index contributed by atoms with van der Waals surface area (Å²) in [7, 11) is 1.45. The fourth-order valence-corrected chi connectivity index (χ4v) is 2.05. The van der Waals surface area contributed by atoms with Crippen LogP contribution in [-0.4, -0.2) is 26.3 Å². The van der Waals surface area contributed by atoms with Gasteiger partial charge in [-0.25, -0.2) is 0 Å². The van der Waals surface area contributed by atoms with Crippen LogP contribution in [0, 0.1) is 11.3 Å². The van der Waals surface area contributed by atoms with Crippen LogP contribution in [0.15, 0.2) is 0 Å². The molecule has 0 aromatic rings. The maximum Gasteiger partial charge on any atom is 0.311 e. The molecule has 0 radical (unpaired) electrons. The summed E-state index contributed by atoms with van der Waals surface area (Å²) in [5.41, 5.74) is -0.375. The number of hydrogen-bond donors (Lipinski definition) is 0. The molecule has 0 spiro atoms. The smallest absolute Gasteiger partial charge is 0.311 e. The summed E-state index contributed by atoms with van der Waals surface area (Å²) in [4.78, 5) is 11.4. The molecule has 1 rings (SSSR count). The van der Waals surface area contributed by atoms with Crippen LogP contribution in [0.1, 0.15) is 33.1 Å². The molecule has 3 heteroatoms. The molecule has 1 saturated heterocycles. The molecule has 0 aromatic heterocycles. The second-order valence-electron chi connectivity index (χ2n) is 4.66. The molecule has 0 bridgehead atoms. The molecule has 3 nitrogen and oxygen atoms in total. The third-order valence-corrected chi connectivity index (χ3v) is 2.79. The summed E-state index contributed by atoms with van der Waals surface area (Å²) in [5.74, 6) is 0.390. The minimum atomic E-state index is -0.375. The van der Waals surface area contributed by atoms with E-state index in [1.807, 2.05) is 13.8 Å². The Morgan fingerprint density at radius 3 is 2.79 bits per heavy atom. The Balaban J connectivity index is 2.44. The standard InChI is InChI=1S/C11H20O3/c1-11(2,10(12)13-3)7-9-5-4-6-14-8-9/h9H,4-8H2,1-3H3/t9-/m0/s1. The van der Waals surface area contributed by atoms with Crippen LogP contribution in [0.4, 0.5) is 0 Å². The number of ether oxygens (including phenoxy) is 2. The Morgan fingerprint density at radius 2 is 2.29 bits per heavy atom. The molecule has 1 aliphatic heterocycles. The van der Waals surface area contributed by atoms with Crippen molar-refractivity contribution in [2.45, 2.75) is 33.1 Å². The lowest BCUT2D eigenvalue weighted by atomic mass is 9.81. The quantitative estimate of drug-likeness (QED) is 0.654. The number of carbonyl (C=O) groups is 1. The summed E-state index contributed by atoms with van der Waals surface area (Å²) in [6.07, 6.45) is 3.14. The monoisotopic (exact) mass is 200 g/mol. The van der Waals surface area contributed by atoms with Crippen LogP contribution >= 0.6 is 0 Å². The van der Waals surface area contributed by atoms with Gasteiger partial charge in [-0.3, -0.25) is 4.79 Å². The molecule has 0 amide bonds. The minimum absolute atomic E-state index is 0.122. The van der Waals surface area contributed by atoms with Gasteiger partial charge in [0.05, 0.1) is 12.5 Å². The van der Waals surface area contributed by atoms with E-state index in [2.05, 4.69) is 0 Å². The van der Waals surface area contributed by atoms with E-state index in [-0.39, 0.29) is 11.4 Å². The number of carbonyl (C=O) groups excluding carboxylic acids is 1. The van der Waals surface area contributed by atoms with E-state index >= 15 is 0 Å². The Morgan fingerprint density at radius 1 is 1.57 bits per heavy atom. The van der Waals surface area contributed by atoms with Gasteiger partial charge < -0.3 is 9.47 Å². The average molecular weight is 200 g/mol. The van der Waals surface area contributed by atoms with Crippen LogP contribution in [0.25, 0.3) is 0 Å². The Kier molecular flexibility index (Phi) is 3.93. The number of rotatable bonds is 3. The van der Waals surface area contributed by atoms with Gasteiger partial charge in [-0.15, -0.1) is 0 Å². The molecule has 0 N–H and O–H groups in total. The normalized spacial score (nSPS) is 23.2. The van der Waals surface area contributed by atoms with Crippen molar-refractivity contribution < 1.29 is 14.3 Å². The third kappa shape index (κ3) is 2.98. The summed E-state index contributed by atoms with van der Waals surface area (Å²) in [5, 5.41) is 0. The first-order valence-electron chi connectivity index (χ1n) is 5.22. The first-order valence-corrected chi connectivity index (χ1v) is 5.22. The summed E-state index contributed by atoms with van der Waals surface area (Å²) >= 11 is 0. The van der Waals surface area contributed by atoms with Gasteiger partial charge in [-0.2, -0.15) is 0 Å². The number of hydrogen-bond acceptors (Lipinski definition) is 3. The zero-order valence-electron chi connectivity index (χ0n) is 9.34. The fourth-order valence-electron chi connectivity index (χ4n) is 2.05. The largest absolute Gasteiger partial charge is 0.469 e. The van der Waals surface area contributed by atoms with Crippen LogP contribution in [0.2, 0.25) is 0 Å². The van der Waals surface area contributed by atoms with Gasteiger partial charge >= 0.3 is 5.97 Å². The second kappa shape index (κ2) is 4.78. The average Bonchev–Trinajstić information content (AvgIpc) is 2.17. The zero-order valence-corrected chi connectivity index (χ0v) is 9.34. The van der Waals surface area contributed by atoms with Crippen molar-refractivity contribution in [1.82, 2.24) is 0 Å². The van der Waals surface area contributed by atoms with Gasteiger partial charge in [0.2, 0.25) is 0 Å². The lowest BCUT2D eigenvalue weighted by Crippen LogP contribution is -2.31. The number of esters is 1. The molecular formula is C11H20O3. The first kappa shape index (κ1) is 11.5. The predicted octanol–water partition coefficient (Wildman–Crippen LogP) is 2.00.